The monoisotopic (exact) mass is 269 g/mol. The maximum Gasteiger partial charge on any atom is 0.0624 e. The lowest BCUT2D eigenvalue weighted by Crippen LogP contribution is -2.58. The first kappa shape index (κ1) is 13.4. The van der Waals surface area contributed by atoms with Gasteiger partial charge in [-0.15, -0.1) is 0 Å². The van der Waals surface area contributed by atoms with Crippen LogP contribution in [0.25, 0.3) is 0 Å². The van der Waals surface area contributed by atoms with E-state index >= 15 is 0 Å². The first-order valence-electron chi connectivity index (χ1n) is 7.43. The molecule has 0 bridgehead atoms. The number of nitrogens with one attached hydrogen (secondary N) is 1. The molecule has 20 heavy (non-hydrogen) atoms. The van der Waals surface area contributed by atoms with Crippen molar-refractivity contribution >= 4 is 0 Å². The molecular weight excluding hydrogens is 246 g/mol. The fourth-order valence-electron chi connectivity index (χ4n) is 3.26. The van der Waals surface area contributed by atoms with Gasteiger partial charge in [0.25, 0.3) is 0 Å². The molecule has 1 aliphatic rings. The molecule has 2 heterocycles. The third-order valence-electron chi connectivity index (χ3n) is 4.55. The molecular formula is C17H23N3. The molecule has 3 nitrogen and oxygen atoms in total. The van der Waals surface area contributed by atoms with E-state index in [0.717, 1.165) is 25.9 Å². The van der Waals surface area contributed by atoms with Gasteiger partial charge < -0.3 is 5.32 Å². The van der Waals surface area contributed by atoms with Crippen molar-refractivity contribution < 1.29 is 0 Å². The van der Waals surface area contributed by atoms with Gasteiger partial charge in [-0.1, -0.05) is 31.2 Å². The van der Waals surface area contributed by atoms with Gasteiger partial charge in [0.2, 0.25) is 0 Å². The Balaban J connectivity index is 1.94. The number of aromatic nitrogens is 2. The van der Waals surface area contributed by atoms with Crippen LogP contribution in [-0.2, 0) is 25.3 Å². The summed E-state index contributed by atoms with van der Waals surface area (Å²) in [4.78, 5) is 0. The Kier molecular flexibility index (Phi) is 3.38. The van der Waals surface area contributed by atoms with Gasteiger partial charge in [0.1, 0.15) is 0 Å². The molecule has 3 rings (SSSR count). The summed E-state index contributed by atoms with van der Waals surface area (Å²) in [6.45, 7) is 6.50. The molecule has 0 radical (unpaired) electrons. The summed E-state index contributed by atoms with van der Waals surface area (Å²) in [6.07, 6.45) is 2.07. The lowest BCUT2D eigenvalue weighted by molar-refractivity contribution is 0.268. The highest BCUT2D eigenvalue weighted by Crippen LogP contribution is 2.34. The first-order valence-corrected chi connectivity index (χ1v) is 7.43. The van der Waals surface area contributed by atoms with Crippen molar-refractivity contribution in [1.82, 2.24) is 15.1 Å². The number of hydrogen-bond acceptors (Lipinski definition) is 2. The Morgan fingerprint density at radius 3 is 2.60 bits per heavy atom. The number of aryl methyl sites for hydroxylation is 3. The minimum Gasteiger partial charge on any atom is -0.315 e. The summed E-state index contributed by atoms with van der Waals surface area (Å²) in [6, 6.07) is 11.0. The van der Waals surface area contributed by atoms with Crippen LogP contribution in [0.4, 0.5) is 0 Å². The smallest absolute Gasteiger partial charge is 0.0624 e. The van der Waals surface area contributed by atoms with Crippen molar-refractivity contribution in [2.45, 2.75) is 32.1 Å². The van der Waals surface area contributed by atoms with Crippen molar-refractivity contribution in [3.63, 3.8) is 0 Å². The van der Waals surface area contributed by atoms with E-state index in [2.05, 4.69) is 66.3 Å². The van der Waals surface area contributed by atoms with Crippen LogP contribution in [0.1, 0.15) is 29.4 Å². The normalized spacial score (nSPS) is 16.9. The van der Waals surface area contributed by atoms with Crippen molar-refractivity contribution in [3.8, 4) is 0 Å². The van der Waals surface area contributed by atoms with Crippen molar-refractivity contribution in [1.29, 1.82) is 0 Å². The van der Waals surface area contributed by atoms with Crippen LogP contribution in [0.2, 0.25) is 0 Å². The predicted molar refractivity (Wildman–Crippen MR) is 82.0 cm³/mol. The molecule has 1 aliphatic heterocycles. The van der Waals surface area contributed by atoms with E-state index in [0.29, 0.717) is 0 Å². The molecule has 1 N–H and O–H groups in total. The molecule has 0 aliphatic carbocycles. The highest BCUT2D eigenvalue weighted by molar-refractivity contribution is 5.38. The molecule has 1 saturated heterocycles. The molecule has 1 aromatic heterocycles. The van der Waals surface area contributed by atoms with E-state index < -0.39 is 0 Å². The van der Waals surface area contributed by atoms with E-state index in [1.807, 2.05) is 0 Å². The molecule has 0 unspecified atom stereocenters. The molecule has 0 spiro atoms. The second kappa shape index (κ2) is 5.06. The highest BCUT2D eigenvalue weighted by atomic mass is 15.3. The third kappa shape index (κ3) is 2.16. The summed E-state index contributed by atoms with van der Waals surface area (Å²) in [5.74, 6) is 0. The van der Waals surface area contributed by atoms with E-state index in [-0.39, 0.29) is 5.41 Å². The van der Waals surface area contributed by atoms with Gasteiger partial charge in [-0.2, -0.15) is 5.10 Å². The maximum absolute atomic E-state index is 4.58. The molecule has 0 atom stereocenters. The Morgan fingerprint density at radius 1 is 1.30 bits per heavy atom. The predicted octanol–water partition coefficient (Wildman–Crippen LogP) is 2.37. The number of benzene rings is 1. The van der Waals surface area contributed by atoms with Crippen LogP contribution in [0.5, 0.6) is 0 Å². The van der Waals surface area contributed by atoms with Crippen LogP contribution < -0.4 is 5.32 Å². The number of rotatable bonds is 4. The third-order valence-corrected chi connectivity index (χ3v) is 4.55. The van der Waals surface area contributed by atoms with E-state index in [1.54, 1.807) is 0 Å². The fourth-order valence-corrected chi connectivity index (χ4v) is 3.26. The molecule has 3 heteroatoms. The van der Waals surface area contributed by atoms with Crippen molar-refractivity contribution in [2.24, 2.45) is 7.05 Å². The molecule has 0 saturated carbocycles. The Hall–Kier alpha value is -1.61. The first-order chi connectivity index (χ1) is 9.64. The molecule has 106 valence electrons. The zero-order valence-corrected chi connectivity index (χ0v) is 12.6. The second-order valence-electron chi connectivity index (χ2n) is 5.98. The van der Waals surface area contributed by atoms with Gasteiger partial charge >= 0.3 is 0 Å². The fraction of sp³-hybridized carbons (Fsp3) is 0.471. The second-order valence-corrected chi connectivity index (χ2v) is 5.98. The van der Waals surface area contributed by atoms with Crippen LogP contribution in [0.15, 0.2) is 30.3 Å². The lowest BCUT2D eigenvalue weighted by atomic mass is 9.70. The average molecular weight is 269 g/mol. The van der Waals surface area contributed by atoms with Crippen LogP contribution in [0.3, 0.4) is 0 Å². The topological polar surface area (TPSA) is 29.9 Å². The largest absolute Gasteiger partial charge is 0.315 e. The Bertz CT molecular complexity index is 608. The SMILES string of the molecule is CCc1cc(CC2(c3ccccc3C)CNC2)n(C)n1. The summed E-state index contributed by atoms with van der Waals surface area (Å²) in [7, 11) is 2.06. The summed E-state index contributed by atoms with van der Waals surface area (Å²) < 4.78 is 2.05. The lowest BCUT2D eigenvalue weighted by Gasteiger charge is -2.44. The average Bonchev–Trinajstić information content (AvgIpc) is 2.75. The minimum atomic E-state index is 0.240. The van der Waals surface area contributed by atoms with Gasteiger partial charge in [-0.3, -0.25) is 4.68 Å². The number of nitrogens with zero attached hydrogens (tertiary/aromatic N) is 2. The molecule has 1 fully saturated rings. The van der Waals surface area contributed by atoms with E-state index in [1.165, 1.54) is 22.5 Å². The van der Waals surface area contributed by atoms with Gasteiger partial charge in [0.05, 0.1) is 5.69 Å². The van der Waals surface area contributed by atoms with Gasteiger partial charge in [-0.25, -0.2) is 0 Å². The van der Waals surface area contributed by atoms with Crippen LogP contribution >= 0.6 is 0 Å². The molecule has 1 aromatic carbocycles. The highest BCUT2D eigenvalue weighted by Gasteiger charge is 2.40. The summed E-state index contributed by atoms with van der Waals surface area (Å²) in [5, 5.41) is 8.04. The molecule has 2 aromatic rings. The maximum atomic E-state index is 4.58. The standard InChI is InChI=1S/C17H23N3/c1-4-14-9-15(20(3)19-14)10-17(11-18-12-17)16-8-6-5-7-13(16)2/h5-9,18H,4,10-12H2,1-3H3. The van der Waals surface area contributed by atoms with Gasteiger partial charge in [0, 0.05) is 37.7 Å². The van der Waals surface area contributed by atoms with Gasteiger partial charge in [0.15, 0.2) is 0 Å². The minimum absolute atomic E-state index is 0.240. The zero-order valence-electron chi connectivity index (χ0n) is 12.6. The van der Waals surface area contributed by atoms with E-state index in [4.69, 9.17) is 0 Å². The quantitative estimate of drug-likeness (QED) is 0.923. The Labute approximate surface area is 121 Å². The van der Waals surface area contributed by atoms with Crippen molar-refractivity contribution in [3.05, 3.63) is 52.8 Å². The Morgan fingerprint density at radius 2 is 2.05 bits per heavy atom. The summed E-state index contributed by atoms with van der Waals surface area (Å²) in [5.41, 5.74) is 5.65. The van der Waals surface area contributed by atoms with Gasteiger partial charge in [-0.05, 0) is 30.5 Å². The number of hydrogen-bond donors (Lipinski definition) is 1. The van der Waals surface area contributed by atoms with Crippen LogP contribution in [0, 0.1) is 6.92 Å². The van der Waals surface area contributed by atoms with E-state index in [9.17, 15) is 0 Å². The van der Waals surface area contributed by atoms with Crippen molar-refractivity contribution in [2.75, 3.05) is 13.1 Å². The van der Waals surface area contributed by atoms with Crippen LogP contribution in [-0.4, -0.2) is 22.9 Å². The zero-order chi connectivity index (χ0) is 14.2. The summed E-state index contributed by atoms with van der Waals surface area (Å²) >= 11 is 0. The molecule has 0 amide bonds.